The van der Waals surface area contributed by atoms with Crippen LogP contribution in [0, 0.1) is 0 Å². The van der Waals surface area contributed by atoms with Crippen molar-refractivity contribution in [3.63, 3.8) is 0 Å². The number of aromatic nitrogens is 2. The maximum Gasteiger partial charge on any atom is 0.326 e. The summed E-state index contributed by atoms with van der Waals surface area (Å²) in [6.45, 7) is 0.302. The fourth-order valence-corrected chi connectivity index (χ4v) is 3.86. The van der Waals surface area contributed by atoms with Gasteiger partial charge in [-0.25, -0.2) is 4.79 Å². The van der Waals surface area contributed by atoms with E-state index in [0.29, 0.717) is 24.7 Å². The number of thiophene rings is 1. The van der Waals surface area contributed by atoms with Crippen molar-refractivity contribution in [2.75, 3.05) is 0 Å². The number of amides is 1. The van der Waals surface area contributed by atoms with E-state index in [-0.39, 0.29) is 18.7 Å². The zero-order valence-electron chi connectivity index (χ0n) is 14.4. The van der Waals surface area contributed by atoms with Crippen LogP contribution in [0.1, 0.15) is 23.4 Å². The first-order chi connectivity index (χ1) is 13.1. The Bertz CT molecular complexity index is 967. The fourth-order valence-electron chi connectivity index (χ4n) is 3.23. The van der Waals surface area contributed by atoms with E-state index in [2.05, 4.69) is 10.1 Å². The van der Waals surface area contributed by atoms with Gasteiger partial charge >= 0.3 is 5.97 Å². The normalized spacial score (nSPS) is 16.1. The molecule has 0 aliphatic carbocycles. The van der Waals surface area contributed by atoms with Crippen molar-refractivity contribution < 1.29 is 19.2 Å². The Balaban J connectivity index is 1.45. The van der Waals surface area contributed by atoms with Crippen LogP contribution in [0.3, 0.4) is 0 Å². The van der Waals surface area contributed by atoms with Gasteiger partial charge in [0, 0.05) is 36.8 Å². The Labute approximate surface area is 159 Å². The molecular weight excluding hydrogens is 366 g/mol. The number of hydrogen-bond acceptors (Lipinski definition) is 6. The molecule has 0 unspecified atom stereocenters. The zero-order valence-corrected chi connectivity index (χ0v) is 15.2. The summed E-state index contributed by atoms with van der Waals surface area (Å²) in [5.41, 5.74) is 2.84. The predicted octanol–water partition coefficient (Wildman–Crippen LogP) is 2.77. The number of carbonyl (C=O) groups is 2. The van der Waals surface area contributed by atoms with Crippen LogP contribution in [-0.4, -0.2) is 38.1 Å². The monoisotopic (exact) mass is 383 g/mol. The number of carboxylic acids is 1. The molecule has 138 valence electrons. The second kappa shape index (κ2) is 7.32. The number of nitrogens with zero attached hydrogens (tertiary/aromatic N) is 3. The van der Waals surface area contributed by atoms with Crippen molar-refractivity contribution in [1.82, 2.24) is 15.0 Å². The Kier molecular flexibility index (Phi) is 4.72. The minimum absolute atomic E-state index is 0.122. The van der Waals surface area contributed by atoms with E-state index in [1.165, 1.54) is 4.90 Å². The van der Waals surface area contributed by atoms with E-state index in [0.717, 1.165) is 16.7 Å². The summed E-state index contributed by atoms with van der Waals surface area (Å²) in [6, 6.07) is 8.67. The van der Waals surface area contributed by atoms with Gasteiger partial charge in [-0.15, -0.1) is 0 Å². The number of fused-ring (bicyclic) bond motifs is 1. The third-order valence-corrected chi connectivity index (χ3v) is 5.34. The summed E-state index contributed by atoms with van der Waals surface area (Å²) < 4.78 is 5.21. The molecule has 1 N–H and O–H groups in total. The van der Waals surface area contributed by atoms with E-state index in [4.69, 9.17) is 4.52 Å². The van der Waals surface area contributed by atoms with Gasteiger partial charge in [0.25, 0.3) is 0 Å². The molecule has 1 aliphatic rings. The predicted molar refractivity (Wildman–Crippen MR) is 98.1 cm³/mol. The molecule has 4 rings (SSSR count). The molecule has 2 aromatic heterocycles. The smallest absolute Gasteiger partial charge is 0.326 e. The van der Waals surface area contributed by atoms with Crippen LogP contribution in [-0.2, 0) is 29.0 Å². The summed E-state index contributed by atoms with van der Waals surface area (Å²) in [4.78, 5) is 30.1. The number of aliphatic carboxylic acids is 1. The Morgan fingerprint density at radius 3 is 2.81 bits per heavy atom. The molecule has 27 heavy (non-hydrogen) atoms. The first-order valence-electron chi connectivity index (χ1n) is 8.56. The molecule has 0 saturated carbocycles. The lowest BCUT2D eigenvalue weighted by Crippen LogP contribution is -2.48. The van der Waals surface area contributed by atoms with Crippen LogP contribution in [0.25, 0.3) is 11.4 Å². The summed E-state index contributed by atoms with van der Waals surface area (Å²) >= 11 is 1.54. The van der Waals surface area contributed by atoms with Crippen molar-refractivity contribution in [3.8, 4) is 11.4 Å². The number of aryl methyl sites for hydroxylation is 1. The molecule has 1 atom stereocenters. The van der Waals surface area contributed by atoms with Crippen LogP contribution in [0.4, 0.5) is 0 Å². The SMILES string of the molecule is O=C(O)[C@H]1Cc2ccccc2CN1C(=O)CCc1nc(-c2ccsc2)no1. The highest BCUT2D eigenvalue weighted by molar-refractivity contribution is 7.08. The molecule has 0 fully saturated rings. The van der Waals surface area contributed by atoms with E-state index in [1.807, 2.05) is 41.1 Å². The maximum atomic E-state index is 12.7. The molecule has 3 heterocycles. The number of carboxylic acid groups (broad SMARTS) is 1. The zero-order chi connectivity index (χ0) is 18.8. The lowest BCUT2D eigenvalue weighted by molar-refractivity contribution is -0.151. The molecule has 3 aromatic rings. The third-order valence-electron chi connectivity index (χ3n) is 4.65. The van der Waals surface area contributed by atoms with Crippen LogP contribution in [0.2, 0.25) is 0 Å². The van der Waals surface area contributed by atoms with Crippen molar-refractivity contribution in [1.29, 1.82) is 0 Å². The first-order valence-corrected chi connectivity index (χ1v) is 9.50. The molecule has 1 amide bonds. The molecule has 8 heteroatoms. The average molecular weight is 383 g/mol. The largest absolute Gasteiger partial charge is 0.480 e. The third kappa shape index (κ3) is 3.61. The second-order valence-electron chi connectivity index (χ2n) is 6.37. The van der Waals surface area contributed by atoms with E-state index in [9.17, 15) is 14.7 Å². The Morgan fingerprint density at radius 2 is 2.07 bits per heavy atom. The first kappa shape index (κ1) is 17.4. The molecule has 1 aliphatic heterocycles. The van der Waals surface area contributed by atoms with Gasteiger partial charge in [0.1, 0.15) is 6.04 Å². The summed E-state index contributed by atoms with van der Waals surface area (Å²) in [6.07, 6.45) is 0.720. The minimum Gasteiger partial charge on any atom is -0.480 e. The van der Waals surface area contributed by atoms with Gasteiger partial charge in [-0.2, -0.15) is 16.3 Å². The molecule has 0 saturated heterocycles. The van der Waals surface area contributed by atoms with Gasteiger partial charge in [0.05, 0.1) is 0 Å². The van der Waals surface area contributed by atoms with E-state index < -0.39 is 12.0 Å². The van der Waals surface area contributed by atoms with Gasteiger partial charge in [-0.05, 0) is 22.6 Å². The van der Waals surface area contributed by atoms with Gasteiger partial charge in [-0.1, -0.05) is 29.4 Å². The lowest BCUT2D eigenvalue weighted by Gasteiger charge is -2.34. The van der Waals surface area contributed by atoms with E-state index >= 15 is 0 Å². The summed E-state index contributed by atoms with van der Waals surface area (Å²) in [5, 5.41) is 17.3. The second-order valence-corrected chi connectivity index (χ2v) is 7.15. The molecule has 0 spiro atoms. The van der Waals surface area contributed by atoms with Gasteiger partial charge in [0.2, 0.25) is 17.6 Å². The van der Waals surface area contributed by atoms with Gasteiger partial charge in [-0.3, -0.25) is 4.79 Å². The van der Waals surface area contributed by atoms with Crippen LogP contribution < -0.4 is 0 Å². The van der Waals surface area contributed by atoms with Gasteiger partial charge in [0.15, 0.2) is 0 Å². The van der Waals surface area contributed by atoms with Crippen LogP contribution in [0.5, 0.6) is 0 Å². The molecule has 0 bridgehead atoms. The number of carbonyl (C=O) groups excluding carboxylic acids is 1. The maximum absolute atomic E-state index is 12.7. The number of rotatable bonds is 5. The van der Waals surface area contributed by atoms with Crippen LogP contribution in [0.15, 0.2) is 45.6 Å². The van der Waals surface area contributed by atoms with Crippen LogP contribution >= 0.6 is 11.3 Å². The lowest BCUT2D eigenvalue weighted by atomic mass is 9.93. The van der Waals surface area contributed by atoms with Gasteiger partial charge < -0.3 is 14.5 Å². The van der Waals surface area contributed by atoms with Crippen molar-refractivity contribution >= 4 is 23.2 Å². The highest BCUT2D eigenvalue weighted by atomic mass is 32.1. The molecule has 7 nitrogen and oxygen atoms in total. The molecular formula is C19H17N3O4S. The average Bonchev–Trinajstić information content (AvgIpc) is 3.36. The molecule has 1 aromatic carbocycles. The summed E-state index contributed by atoms with van der Waals surface area (Å²) in [5.74, 6) is -0.356. The van der Waals surface area contributed by atoms with E-state index in [1.54, 1.807) is 11.3 Å². The summed E-state index contributed by atoms with van der Waals surface area (Å²) in [7, 11) is 0. The Morgan fingerprint density at radius 1 is 1.26 bits per heavy atom. The van der Waals surface area contributed by atoms with Crippen molar-refractivity contribution in [2.45, 2.75) is 31.8 Å². The topological polar surface area (TPSA) is 96.5 Å². The standard InChI is InChI=1S/C19H17N3O4S/c23-17(6-5-16-20-18(21-26-16)14-7-8-27-11-14)22-10-13-4-2-1-3-12(13)9-15(22)19(24)25/h1-4,7-8,11,15H,5-6,9-10H2,(H,24,25)/t15-/m1/s1. The number of hydrogen-bond donors (Lipinski definition) is 1. The molecule has 0 radical (unpaired) electrons. The highest BCUT2D eigenvalue weighted by Gasteiger charge is 2.34. The number of benzene rings is 1. The highest BCUT2D eigenvalue weighted by Crippen LogP contribution is 2.25. The minimum atomic E-state index is -0.990. The van der Waals surface area contributed by atoms with Crippen molar-refractivity contribution in [3.05, 3.63) is 58.1 Å². The van der Waals surface area contributed by atoms with Crippen molar-refractivity contribution in [2.24, 2.45) is 0 Å². The fraction of sp³-hybridized carbons (Fsp3) is 0.263. The quantitative estimate of drug-likeness (QED) is 0.728. The Hall–Kier alpha value is -3.00.